The maximum absolute atomic E-state index is 8.84. The van der Waals surface area contributed by atoms with E-state index in [9.17, 15) is 0 Å². The van der Waals surface area contributed by atoms with Crippen molar-refractivity contribution in [3.63, 3.8) is 0 Å². The Morgan fingerprint density at radius 2 is 2.00 bits per heavy atom. The molecule has 0 unspecified atom stereocenters. The fourth-order valence-corrected chi connectivity index (χ4v) is 1.96. The molecular weight excluding hydrogens is 262 g/mol. The zero-order valence-electron chi connectivity index (χ0n) is 12.2. The minimum Gasteiger partial charge on any atom is -0.492 e. The van der Waals surface area contributed by atoms with Gasteiger partial charge in [-0.1, -0.05) is 6.07 Å². The fraction of sp³-hybridized carbons (Fsp3) is 0.294. The Labute approximate surface area is 125 Å². The standard InChI is InChI=1S/C17H19N3O/c1-20(10-7-15-5-8-19-9-6-15)11-12-21-17-4-2-3-16(13-17)14-18/h2-6,8-9,13H,7,10-12H2,1H3. The third kappa shape index (κ3) is 5.25. The summed E-state index contributed by atoms with van der Waals surface area (Å²) in [4.78, 5) is 6.24. The first-order valence-electron chi connectivity index (χ1n) is 6.98. The third-order valence-corrected chi connectivity index (χ3v) is 3.24. The Bertz CT molecular complexity index is 592. The molecule has 0 saturated carbocycles. The topological polar surface area (TPSA) is 49.1 Å². The molecule has 2 rings (SSSR count). The van der Waals surface area contributed by atoms with Crippen molar-refractivity contribution in [2.75, 3.05) is 26.7 Å². The first-order valence-corrected chi connectivity index (χ1v) is 6.98. The lowest BCUT2D eigenvalue weighted by molar-refractivity contribution is 0.239. The van der Waals surface area contributed by atoms with Gasteiger partial charge in [0.2, 0.25) is 0 Å². The van der Waals surface area contributed by atoms with Crippen LogP contribution in [0.25, 0.3) is 0 Å². The van der Waals surface area contributed by atoms with Gasteiger partial charge in [-0.05, 0) is 49.4 Å². The smallest absolute Gasteiger partial charge is 0.120 e. The van der Waals surface area contributed by atoms with Crippen molar-refractivity contribution in [1.29, 1.82) is 5.26 Å². The molecule has 108 valence electrons. The summed E-state index contributed by atoms with van der Waals surface area (Å²) < 4.78 is 5.67. The van der Waals surface area contributed by atoms with Gasteiger partial charge in [-0.3, -0.25) is 4.98 Å². The highest BCUT2D eigenvalue weighted by atomic mass is 16.5. The normalized spacial score (nSPS) is 10.3. The van der Waals surface area contributed by atoms with Gasteiger partial charge in [-0.25, -0.2) is 0 Å². The lowest BCUT2D eigenvalue weighted by atomic mass is 10.2. The quantitative estimate of drug-likeness (QED) is 0.782. The number of ether oxygens (including phenoxy) is 1. The van der Waals surface area contributed by atoms with Crippen LogP contribution in [0.3, 0.4) is 0 Å². The Balaban J connectivity index is 1.69. The zero-order chi connectivity index (χ0) is 14.9. The number of pyridine rings is 1. The van der Waals surface area contributed by atoms with Crippen LogP contribution in [0.1, 0.15) is 11.1 Å². The number of nitrogens with zero attached hydrogens (tertiary/aromatic N) is 3. The van der Waals surface area contributed by atoms with Gasteiger partial charge in [0.15, 0.2) is 0 Å². The molecule has 0 N–H and O–H groups in total. The van der Waals surface area contributed by atoms with Gasteiger partial charge in [-0.15, -0.1) is 0 Å². The van der Waals surface area contributed by atoms with E-state index in [1.54, 1.807) is 12.1 Å². The molecule has 0 aliphatic heterocycles. The van der Waals surface area contributed by atoms with Gasteiger partial charge >= 0.3 is 0 Å². The molecule has 4 nitrogen and oxygen atoms in total. The van der Waals surface area contributed by atoms with Crippen molar-refractivity contribution in [1.82, 2.24) is 9.88 Å². The number of benzene rings is 1. The highest BCUT2D eigenvalue weighted by molar-refractivity contribution is 5.36. The van der Waals surface area contributed by atoms with E-state index in [1.807, 2.05) is 36.7 Å². The van der Waals surface area contributed by atoms with Crippen molar-refractivity contribution in [2.45, 2.75) is 6.42 Å². The molecule has 0 aliphatic rings. The largest absolute Gasteiger partial charge is 0.492 e. The summed E-state index contributed by atoms with van der Waals surface area (Å²) in [5, 5.41) is 8.84. The molecule has 21 heavy (non-hydrogen) atoms. The van der Waals surface area contributed by atoms with Gasteiger partial charge in [0.1, 0.15) is 12.4 Å². The van der Waals surface area contributed by atoms with E-state index in [2.05, 4.69) is 23.0 Å². The summed E-state index contributed by atoms with van der Waals surface area (Å²) in [6.45, 7) is 2.44. The van der Waals surface area contributed by atoms with E-state index >= 15 is 0 Å². The lowest BCUT2D eigenvalue weighted by Gasteiger charge is -2.17. The molecule has 1 heterocycles. The van der Waals surface area contributed by atoms with E-state index in [0.29, 0.717) is 12.2 Å². The van der Waals surface area contributed by atoms with Crippen molar-refractivity contribution < 1.29 is 4.74 Å². The van der Waals surface area contributed by atoms with Crippen LogP contribution in [0.15, 0.2) is 48.8 Å². The van der Waals surface area contributed by atoms with Gasteiger partial charge < -0.3 is 9.64 Å². The molecule has 0 atom stereocenters. The number of aromatic nitrogens is 1. The Kier molecular flexibility index (Phi) is 5.74. The number of hydrogen-bond acceptors (Lipinski definition) is 4. The van der Waals surface area contributed by atoms with Crippen LogP contribution in [0, 0.1) is 11.3 Å². The minimum atomic E-state index is 0.613. The van der Waals surface area contributed by atoms with Gasteiger partial charge in [0.25, 0.3) is 0 Å². The van der Waals surface area contributed by atoms with E-state index in [-0.39, 0.29) is 0 Å². The maximum Gasteiger partial charge on any atom is 0.120 e. The molecule has 0 fully saturated rings. The molecule has 4 heteroatoms. The highest BCUT2D eigenvalue weighted by Crippen LogP contribution is 2.12. The predicted molar refractivity (Wildman–Crippen MR) is 82.1 cm³/mol. The molecule has 0 spiro atoms. The first-order chi connectivity index (χ1) is 10.3. The molecule has 0 saturated heterocycles. The van der Waals surface area contributed by atoms with Crippen LogP contribution < -0.4 is 4.74 Å². The second kappa shape index (κ2) is 8.03. The van der Waals surface area contributed by atoms with Crippen LogP contribution in [0.2, 0.25) is 0 Å². The maximum atomic E-state index is 8.84. The van der Waals surface area contributed by atoms with E-state index in [1.165, 1.54) is 5.56 Å². The molecule has 1 aromatic carbocycles. The van der Waals surface area contributed by atoms with Gasteiger partial charge in [0, 0.05) is 25.5 Å². The summed E-state index contributed by atoms with van der Waals surface area (Å²) in [5.74, 6) is 0.747. The summed E-state index contributed by atoms with van der Waals surface area (Å²) in [6, 6.07) is 13.4. The number of rotatable bonds is 7. The molecule has 0 bridgehead atoms. The predicted octanol–water partition coefficient (Wildman–Crippen LogP) is 2.51. The second-order valence-corrected chi connectivity index (χ2v) is 4.90. The zero-order valence-corrected chi connectivity index (χ0v) is 12.2. The monoisotopic (exact) mass is 281 g/mol. The highest BCUT2D eigenvalue weighted by Gasteiger charge is 2.01. The number of hydrogen-bond donors (Lipinski definition) is 0. The van der Waals surface area contributed by atoms with Gasteiger partial charge in [-0.2, -0.15) is 5.26 Å². The van der Waals surface area contributed by atoms with Crippen LogP contribution in [-0.2, 0) is 6.42 Å². The second-order valence-electron chi connectivity index (χ2n) is 4.90. The molecule has 0 amide bonds. The van der Waals surface area contributed by atoms with Crippen LogP contribution in [0.4, 0.5) is 0 Å². The fourth-order valence-electron chi connectivity index (χ4n) is 1.96. The van der Waals surface area contributed by atoms with Crippen LogP contribution in [0.5, 0.6) is 5.75 Å². The molecule has 0 aliphatic carbocycles. The number of nitriles is 1. The first kappa shape index (κ1) is 15.0. The molecule has 2 aromatic rings. The van der Waals surface area contributed by atoms with Gasteiger partial charge in [0.05, 0.1) is 11.6 Å². The average Bonchev–Trinajstić information content (AvgIpc) is 2.54. The Hall–Kier alpha value is -2.38. The lowest BCUT2D eigenvalue weighted by Crippen LogP contribution is -2.26. The average molecular weight is 281 g/mol. The summed E-state index contributed by atoms with van der Waals surface area (Å²) in [6.07, 6.45) is 4.64. The van der Waals surface area contributed by atoms with Crippen LogP contribution in [-0.4, -0.2) is 36.6 Å². The summed E-state index contributed by atoms with van der Waals surface area (Å²) in [5.41, 5.74) is 1.91. The van der Waals surface area contributed by atoms with E-state index in [4.69, 9.17) is 10.00 Å². The van der Waals surface area contributed by atoms with Crippen LogP contribution >= 0.6 is 0 Å². The molecular formula is C17H19N3O. The molecule has 0 radical (unpaired) electrons. The number of likely N-dealkylation sites (N-methyl/N-ethyl adjacent to an activating group) is 1. The molecule has 1 aromatic heterocycles. The van der Waals surface area contributed by atoms with E-state index in [0.717, 1.165) is 25.3 Å². The SMILES string of the molecule is CN(CCOc1cccc(C#N)c1)CCc1ccncc1. The Morgan fingerprint density at radius 3 is 2.76 bits per heavy atom. The van der Waals surface area contributed by atoms with Crippen molar-refractivity contribution in [3.05, 3.63) is 59.9 Å². The summed E-state index contributed by atoms with van der Waals surface area (Å²) >= 11 is 0. The summed E-state index contributed by atoms with van der Waals surface area (Å²) in [7, 11) is 2.08. The van der Waals surface area contributed by atoms with E-state index < -0.39 is 0 Å². The van der Waals surface area contributed by atoms with Crippen molar-refractivity contribution in [2.24, 2.45) is 0 Å². The van der Waals surface area contributed by atoms with Crippen molar-refractivity contribution >= 4 is 0 Å². The van der Waals surface area contributed by atoms with Crippen molar-refractivity contribution in [3.8, 4) is 11.8 Å². The minimum absolute atomic E-state index is 0.613. The Morgan fingerprint density at radius 1 is 1.19 bits per heavy atom. The third-order valence-electron chi connectivity index (χ3n) is 3.24.